The second-order valence-electron chi connectivity index (χ2n) is 5.69. The van der Waals surface area contributed by atoms with Crippen LogP contribution in [0.3, 0.4) is 0 Å². The van der Waals surface area contributed by atoms with Crippen LogP contribution in [0.1, 0.15) is 22.8 Å². The minimum Gasteiger partial charge on any atom is -1.00 e. The van der Waals surface area contributed by atoms with Crippen molar-refractivity contribution in [2.75, 3.05) is 0 Å². The van der Waals surface area contributed by atoms with Crippen LogP contribution in [0.2, 0.25) is 0 Å². The van der Waals surface area contributed by atoms with Gasteiger partial charge in [0.1, 0.15) is 7.05 Å². The lowest BCUT2D eigenvalue weighted by atomic mass is 10.2. The number of nitrogens with zero attached hydrogens (tertiary/aromatic N) is 3. The van der Waals surface area contributed by atoms with Crippen molar-refractivity contribution >= 4 is 24.3 Å². The van der Waals surface area contributed by atoms with E-state index in [0.717, 1.165) is 0 Å². The molecule has 0 saturated heterocycles. The first-order valence-corrected chi connectivity index (χ1v) is 7.73. The molecule has 124 valence electrons. The maximum atomic E-state index is 2.19. The summed E-state index contributed by atoms with van der Waals surface area (Å²) in [6.45, 7) is 0. The Labute approximate surface area is 160 Å². The van der Waals surface area contributed by atoms with Crippen molar-refractivity contribution in [3.63, 3.8) is 0 Å². The number of hydrogen-bond acceptors (Lipinski definition) is 0. The van der Waals surface area contributed by atoms with Gasteiger partial charge in [0, 0.05) is 62.2 Å². The Morgan fingerprint density at radius 3 is 1.54 bits per heavy atom. The van der Waals surface area contributed by atoms with Gasteiger partial charge in [0.25, 0.3) is 0 Å². The summed E-state index contributed by atoms with van der Waals surface area (Å²) >= 11 is 0. The third kappa shape index (κ3) is 4.06. The second-order valence-corrected chi connectivity index (χ2v) is 5.69. The highest BCUT2D eigenvalue weighted by Crippen LogP contribution is 2.09. The van der Waals surface area contributed by atoms with Gasteiger partial charge >= 0.3 is 0 Å². The number of pyridine rings is 1. The van der Waals surface area contributed by atoms with Crippen LogP contribution in [-0.2, 0) is 21.1 Å². The molecule has 0 aromatic carbocycles. The van der Waals surface area contributed by atoms with Gasteiger partial charge in [-0.15, -0.1) is 0 Å². The molecule has 0 aliphatic rings. The first kappa shape index (κ1) is 18.3. The molecule has 0 spiro atoms. The molecule has 3 aromatic heterocycles. The molecule has 0 amide bonds. The molecule has 0 saturated carbocycles. The van der Waals surface area contributed by atoms with E-state index in [2.05, 4.69) is 114 Å². The Hall–Kier alpha value is -2.08. The standard InChI is InChI=1S/C20H22N3.HI/c1-21-15-5-9-17(21)11-13-19-7-4-8-20(23(19)3)14-12-18-10-6-16-22(18)2;/h4-16H,1-3H3;1H/q+1;/p-1. The largest absolute Gasteiger partial charge is 1.00 e. The van der Waals surface area contributed by atoms with Crippen LogP contribution >= 0.6 is 0 Å². The van der Waals surface area contributed by atoms with Gasteiger partial charge in [0.15, 0.2) is 0 Å². The normalized spacial score (nSPS) is 11.3. The quantitative estimate of drug-likeness (QED) is 0.423. The summed E-state index contributed by atoms with van der Waals surface area (Å²) in [6.07, 6.45) is 12.7. The Kier molecular flexibility index (Phi) is 6.20. The zero-order valence-corrected chi connectivity index (χ0v) is 16.4. The molecule has 0 unspecified atom stereocenters. The van der Waals surface area contributed by atoms with Crippen molar-refractivity contribution in [2.45, 2.75) is 0 Å². The fourth-order valence-electron chi connectivity index (χ4n) is 2.59. The molecule has 0 bridgehead atoms. The number of rotatable bonds is 4. The van der Waals surface area contributed by atoms with Gasteiger partial charge in [0.05, 0.1) is 0 Å². The highest BCUT2D eigenvalue weighted by Gasteiger charge is 2.07. The molecule has 3 rings (SSSR count). The number of aromatic nitrogens is 3. The summed E-state index contributed by atoms with van der Waals surface area (Å²) in [6, 6.07) is 14.7. The molecule has 3 aromatic rings. The van der Waals surface area contributed by atoms with Crippen molar-refractivity contribution in [2.24, 2.45) is 21.1 Å². The third-order valence-corrected chi connectivity index (χ3v) is 4.13. The minimum absolute atomic E-state index is 0. The van der Waals surface area contributed by atoms with E-state index in [-0.39, 0.29) is 24.0 Å². The van der Waals surface area contributed by atoms with E-state index in [1.54, 1.807) is 0 Å². The van der Waals surface area contributed by atoms with Crippen molar-refractivity contribution in [1.82, 2.24) is 9.13 Å². The predicted molar refractivity (Wildman–Crippen MR) is 96.3 cm³/mol. The fraction of sp³-hybridized carbons (Fsp3) is 0.150. The average molecular weight is 431 g/mol. The lowest BCUT2D eigenvalue weighted by Crippen LogP contribution is -3.00. The van der Waals surface area contributed by atoms with E-state index < -0.39 is 0 Å². The molecule has 0 fully saturated rings. The summed E-state index contributed by atoms with van der Waals surface area (Å²) in [4.78, 5) is 0. The zero-order valence-electron chi connectivity index (χ0n) is 14.2. The molecule has 0 atom stereocenters. The Balaban J connectivity index is 0.00000208. The molecular formula is C20H22IN3. The first-order valence-electron chi connectivity index (χ1n) is 7.73. The van der Waals surface area contributed by atoms with Gasteiger partial charge in [-0.3, -0.25) is 0 Å². The van der Waals surface area contributed by atoms with Crippen molar-refractivity contribution in [3.8, 4) is 0 Å². The van der Waals surface area contributed by atoms with Crippen LogP contribution in [0, 0.1) is 0 Å². The Bertz CT molecular complexity index is 800. The lowest BCUT2D eigenvalue weighted by molar-refractivity contribution is -0.675. The maximum Gasteiger partial charge on any atom is 0.205 e. The van der Waals surface area contributed by atoms with Gasteiger partial charge in [-0.05, 0) is 42.5 Å². The van der Waals surface area contributed by atoms with Crippen LogP contribution in [0.25, 0.3) is 24.3 Å². The summed E-state index contributed by atoms with van der Waals surface area (Å²) < 4.78 is 6.41. The molecular weight excluding hydrogens is 409 g/mol. The van der Waals surface area contributed by atoms with Crippen LogP contribution in [0.5, 0.6) is 0 Å². The van der Waals surface area contributed by atoms with Gasteiger partial charge in [-0.25, -0.2) is 0 Å². The topological polar surface area (TPSA) is 13.7 Å². The Morgan fingerprint density at radius 1 is 0.708 bits per heavy atom. The predicted octanol–water partition coefficient (Wildman–Crippen LogP) is 0.533. The van der Waals surface area contributed by atoms with E-state index in [1.165, 1.54) is 22.8 Å². The highest BCUT2D eigenvalue weighted by atomic mass is 127. The molecule has 0 aliphatic carbocycles. The monoisotopic (exact) mass is 431 g/mol. The minimum atomic E-state index is 0. The van der Waals surface area contributed by atoms with Gasteiger partial charge < -0.3 is 33.1 Å². The maximum absolute atomic E-state index is 2.19. The number of hydrogen-bond donors (Lipinski definition) is 0. The van der Waals surface area contributed by atoms with E-state index in [1.807, 2.05) is 0 Å². The average Bonchev–Trinajstić information content (AvgIpc) is 3.13. The van der Waals surface area contributed by atoms with Gasteiger partial charge in [-0.1, -0.05) is 0 Å². The van der Waals surface area contributed by atoms with Crippen LogP contribution in [0.15, 0.2) is 54.9 Å². The fourth-order valence-corrected chi connectivity index (χ4v) is 2.59. The number of aryl methyl sites for hydroxylation is 2. The van der Waals surface area contributed by atoms with Crippen molar-refractivity contribution in [3.05, 3.63) is 77.6 Å². The third-order valence-electron chi connectivity index (χ3n) is 4.13. The molecule has 24 heavy (non-hydrogen) atoms. The summed E-state index contributed by atoms with van der Waals surface area (Å²) in [7, 11) is 6.20. The molecule has 4 heteroatoms. The SMILES string of the molecule is Cn1cccc1/C=C/c1cccc(/C=C/c2cccn2C)[n+]1C.[I-]. The van der Waals surface area contributed by atoms with Gasteiger partial charge in [-0.2, -0.15) is 4.57 Å². The summed E-state index contributed by atoms with van der Waals surface area (Å²) in [5, 5.41) is 0. The highest BCUT2D eigenvalue weighted by molar-refractivity contribution is 5.67. The van der Waals surface area contributed by atoms with Gasteiger partial charge in [0.2, 0.25) is 11.4 Å². The lowest BCUT2D eigenvalue weighted by Gasteiger charge is -2.00. The Morgan fingerprint density at radius 2 is 1.17 bits per heavy atom. The van der Waals surface area contributed by atoms with Crippen LogP contribution < -0.4 is 28.5 Å². The van der Waals surface area contributed by atoms with E-state index in [9.17, 15) is 0 Å². The smallest absolute Gasteiger partial charge is 0.205 e. The zero-order chi connectivity index (χ0) is 16.2. The number of halogens is 1. The van der Waals surface area contributed by atoms with E-state index in [0.29, 0.717) is 0 Å². The molecule has 3 heterocycles. The van der Waals surface area contributed by atoms with E-state index >= 15 is 0 Å². The summed E-state index contributed by atoms with van der Waals surface area (Å²) in [5.74, 6) is 0. The van der Waals surface area contributed by atoms with Crippen molar-refractivity contribution in [1.29, 1.82) is 0 Å². The molecule has 0 N–H and O–H groups in total. The van der Waals surface area contributed by atoms with Crippen LogP contribution in [0.4, 0.5) is 0 Å². The molecule has 0 aliphatic heterocycles. The molecule has 3 nitrogen and oxygen atoms in total. The van der Waals surface area contributed by atoms with Crippen LogP contribution in [-0.4, -0.2) is 9.13 Å². The molecule has 0 radical (unpaired) electrons. The van der Waals surface area contributed by atoms with E-state index in [4.69, 9.17) is 0 Å². The van der Waals surface area contributed by atoms with Crippen molar-refractivity contribution < 1.29 is 28.5 Å². The summed E-state index contributed by atoms with van der Waals surface area (Å²) in [5.41, 5.74) is 4.71. The second kappa shape index (κ2) is 8.15. The first-order chi connectivity index (χ1) is 11.1.